The molecular weight excluding hydrogens is 140 g/mol. The molecule has 0 aromatic heterocycles. The zero-order chi connectivity index (χ0) is 8.10. The van der Waals surface area contributed by atoms with Crippen molar-refractivity contribution in [2.24, 2.45) is 0 Å². The largest absolute Gasteiger partial charge is 0.481 e. The minimum Gasteiger partial charge on any atom is -0.481 e. The van der Waals surface area contributed by atoms with Crippen molar-refractivity contribution >= 4 is 6.08 Å². The van der Waals surface area contributed by atoms with Crippen LogP contribution < -0.4 is 0 Å². The van der Waals surface area contributed by atoms with Gasteiger partial charge in [0.2, 0.25) is 0 Å². The van der Waals surface area contributed by atoms with Crippen LogP contribution >= 0.6 is 0 Å². The number of hydrogen-bond donors (Lipinski definition) is 1. The SMILES string of the molecule is COC(O)=Cc1ccccc1. The van der Waals surface area contributed by atoms with E-state index in [0.29, 0.717) is 0 Å². The van der Waals surface area contributed by atoms with Crippen LogP contribution in [0.3, 0.4) is 0 Å². The molecule has 0 aliphatic carbocycles. The van der Waals surface area contributed by atoms with Gasteiger partial charge >= 0.3 is 0 Å². The number of ether oxygens (including phenoxy) is 1. The predicted molar refractivity (Wildman–Crippen MR) is 44.1 cm³/mol. The normalized spacial score (nSPS) is 11.2. The third kappa shape index (κ3) is 2.34. The Bertz CT molecular complexity index is 239. The highest BCUT2D eigenvalue weighted by Gasteiger charge is 1.89. The van der Waals surface area contributed by atoms with Gasteiger partial charge in [-0.3, -0.25) is 0 Å². The Morgan fingerprint density at radius 2 is 2.00 bits per heavy atom. The molecule has 0 atom stereocenters. The molecule has 0 amide bonds. The maximum atomic E-state index is 8.95. The van der Waals surface area contributed by atoms with E-state index < -0.39 is 0 Å². The maximum absolute atomic E-state index is 8.95. The molecule has 0 unspecified atom stereocenters. The van der Waals surface area contributed by atoms with E-state index in [1.165, 1.54) is 7.11 Å². The predicted octanol–water partition coefficient (Wildman–Crippen LogP) is 2.19. The van der Waals surface area contributed by atoms with Crippen LogP contribution in [-0.4, -0.2) is 12.2 Å². The minimum absolute atomic E-state index is 0.0730. The molecule has 0 saturated heterocycles. The molecule has 0 spiro atoms. The van der Waals surface area contributed by atoms with Crippen molar-refractivity contribution in [1.29, 1.82) is 0 Å². The molecule has 1 aromatic rings. The lowest BCUT2D eigenvalue weighted by Gasteiger charge is -1.95. The van der Waals surface area contributed by atoms with Crippen molar-refractivity contribution in [1.82, 2.24) is 0 Å². The van der Waals surface area contributed by atoms with Crippen LogP contribution in [0.5, 0.6) is 0 Å². The van der Waals surface area contributed by atoms with Crippen molar-refractivity contribution in [3.63, 3.8) is 0 Å². The monoisotopic (exact) mass is 150 g/mol. The summed E-state index contributed by atoms with van der Waals surface area (Å²) < 4.78 is 4.57. The van der Waals surface area contributed by atoms with E-state index in [-0.39, 0.29) is 5.95 Å². The molecule has 0 heterocycles. The van der Waals surface area contributed by atoms with Crippen molar-refractivity contribution in [3.05, 3.63) is 41.8 Å². The second kappa shape index (κ2) is 3.66. The summed E-state index contributed by atoms with van der Waals surface area (Å²) >= 11 is 0. The Morgan fingerprint density at radius 1 is 1.36 bits per heavy atom. The van der Waals surface area contributed by atoms with Gasteiger partial charge in [-0.05, 0) is 5.56 Å². The lowest BCUT2D eigenvalue weighted by Crippen LogP contribution is -1.82. The highest BCUT2D eigenvalue weighted by atomic mass is 16.6. The van der Waals surface area contributed by atoms with Crippen LogP contribution in [0.1, 0.15) is 5.56 Å². The summed E-state index contributed by atoms with van der Waals surface area (Å²) in [6, 6.07) is 9.48. The van der Waals surface area contributed by atoms with Crippen molar-refractivity contribution in [2.45, 2.75) is 0 Å². The standard InChI is InChI=1S/C9H10O2/c1-11-9(10)7-8-5-3-2-4-6-8/h2-7,10H,1H3. The van der Waals surface area contributed by atoms with Gasteiger partial charge in [-0.15, -0.1) is 0 Å². The summed E-state index contributed by atoms with van der Waals surface area (Å²) in [5, 5.41) is 8.95. The Hall–Kier alpha value is -1.44. The van der Waals surface area contributed by atoms with Gasteiger partial charge in [-0.1, -0.05) is 30.3 Å². The Labute approximate surface area is 65.7 Å². The van der Waals surface area contributed by atoms with Crippen LogP contribution in [0.25, 0.3) is 6.08 Å². The van der Waals surface area contributed by atoms with E-state index >= 15 is 0 Å². The van der Waals surface area contributed by atoms with E-state index in [2.05, 4.69) is 4.74 Å². The van der Waals surface area contributed by atoms with E-state index in [1.54, 1.807) is 6.08 Å². The van der Waals surface area contributed by atoms with Gasteiger partial charge in [-0.25, -0.2) is 0 Å². The fourth-order valence-corrected chi connectivity index (χ4v) is 0.751. The van der Waals surface area contributed by atoms with Crippen molar-refractivity contribution < 1.29 is 9.84 Å². The van der Waals surface area contributed by atoms with Crippen LogP contribution in [-0.2, 0) is 4.74 Å². The summed E-state index contributed by atoms with van der Waals surface area (Å²) in [5.74, 6) is -0.0730. The van der Waals surface area contributed by atoms with Gasteiger partial charge in [0.25, 0.3) is 5.95 Å². The second-order valence-corrected chi connectivity index (χ2v) is 2.10. The van der Waals surface area contributed by atoms with Crippen LogP contribution in [0.2, 0.25) is 0 Å². The van der Waals surface area contributed by atoms with E-state index in [0.717, 1.165) is 5.56 Å². The number of aliphatic hydroxyl groups excluding tert-OH is 1. The lowest BCUT2D eigenvalue weighted by atomic mass is 10.2. The highest BCUT2D eigenvalue weighted by molar-refractivity contribution is 5.49. The average molecular weight is 150 g/mol. The third-order valence-corrected chi connectivity index (χ3v) is 1.30. The zero-order valence-corrected chi connectivity index (χ0v) is 6.32. The second-order valence-electron chi connectivity index (χ2n) is 2.10. The summed E-state index contributed by atoms with van der Waals surface area (Å²) in [5.41, 5.74) is 0.923. The first-order valence-electron chi connectivity index (χ1n) is 3.32. The molecule has 0 radical (unpaired) electrons. The summed E-state index contributed by atoms with van der Waals surface area (Å²) in [7, 11) is 1.43. The fraction of sp³-hybridized carbons (Fsp3) is 0.111. The quantitative estimate of drug-likeness (QED) is 0.655. The average Bonchev–Trinajstić information content (AvgIpc) is 2.06. The molecule has 0 aliphatic heterocycles. The zero-order valence-electron chi connectivity index (χ0n) is 6.32. The molecule has 0 aliphatic rings. The van der Waals surface area contributed by atoms with Crippen LogP contribution in [0.4, 0.5) is 0 Å². The van der Waals surface area contributed by atoms with Gasteiger partial charge in [0.1, 0.15) is 0 Å². The fourth-order valence-electron chi connectivity index (χ4n) is 0.751. The van der Waals surface area contributed by atoms with Crippen molar-refractivity contribution in [3.8, 4) is 0 Å². The number of aliphatic hydroxyl groups is 1. The van der Waals surface area contributed by atoms with Crippen LogP contribution in [0, 0.1) is 0 Å². The molecule has 0 fully saturated rings. The molecule has 1 aromatic carbocycles. The van der Waals surface area contributed by atoms with Gasteiger partial charge in [0.05, 0.1) is 7.11 Å². The molecule has 1 N–H and O–H groups in total. The Balaban J connectivity index is 2.79. The highest BCUT2D eigenvalue weighted by Crippen LogP contribution is 2.03. The first-order valence-corrected chi connectivity index (χ1v) is 3.32. The van der Waals surface area contributed by atoms with Gasteiger partial charge in [0.15, 0.2) is 0 Å². The Kier molecular flexibility index (Phi) is 2.55. The summed E-state index contributed by atoms with van der Waals surface area (Å²) in [6.07, 6.45) is 1.56. The topological polar surface area (TPSA) is 29.5 Å². The maximum Gasteiger partial charge on any atom is 0.276 e. The molecule has 1 rings (SSSR count). The van der Waals surface area contributed by atoms with E-state index in [4.69, 9.17) is 5.11 Å². The van der Waals surface area contributed by atoms with Crippen molar-refractivity contribution in [2.75, 3.05) is 7.11 Å². The first kappa shape index (κ1) is 7.66. The number of methoxy groups -OCH3 is 1. The smallest absolute Gasteiger partial charge is 0.276 e. The van der Waals surface area contributed by atoms with Gasteiger partial charge in [0, 0.05) is 6.08 Å². The number of rotatable bonds is 2. The van der Waals surface area contributed by atoms with Crippen LogP contribution in [0.15, 0.2) is 36.3 Å². The summed E-state index contributed by atoms with van der Waals surface area (Å²) in [4.78, 5) is 0. The molecule has 58 valence electrons. The third-order valence-electron chi connectivity index (χ3n) is 1.30. The first-order chi connectivity index (χ1) is 5.33. The number of benzene rings is 1. The molecule has 2 heteroatoms. The van der Waals surface area contributed by atoms with E-state index in [1.807, 2.05) is 30.3 Å². The molecular formula is C9H10O2. The van der Waals surface area contributed by atoms with Gasteiger partial charge < -0.3 is 9.84 Å². The lowest BCUT2D eigenvalue weighted by molar-refractivity contribution is 0.141. The Morgan fingerprint density at radius 3 is 2.55 bits per heavy atom. The van der Waals surface area contributed by atoms with E-state index in [9.17, 15) is 0 Å². The molecule has 11 heavy (non-hydrogen) atoms. The number of hydrogen-bond acceptors (Lipinski definition) is 2. The molecule has 0 saturated carbocycles. The molecule has 0 bridgehead atoms. The van der Waals surface area contributed by atoms with Gasteiger partial charge in [-0.2, -0.15) is 0 Å². The summed E-state index contributed by atoms with van der Waals surface area (Å²) in [6.45, 7) is 0. The minimum atomic E-state index is -0.0730. The molecule has 2 nitrogen and oxygen atoms in total.